The first-order valence-electron chi connectivity index (χ1n) is 4.91. The molecule has 0 amide bonds. The summed E-state index contributed by atoms with van der Waals surface area (Å²) in [5.41, 5.74) is -0.840. The minimum Gasteiger partial charge on any atom is -0.394 e. The van der Waals surface area contributed by atoms with Crippen LogP contribution in [0.4, 0.5) is 13.2 Å². The molecule has 1 fully saturated rings. The highest BCUT2D eigenvalue weighted by Crippen LogP contribution is 2.25. The number of hydrogen-bond acceptors (Lipinski definition) is 3. The molecule has 1 aliphatic rings. The lowest BCUT2D eigenvalue weighted by atomic mass is 9.88. The van der Waals surface area contributed by atoms with Gasteiger partial charge in [-0.1, -0.05) is 0 Å². The van der Waals surface area contributed by atoms with Gasteiger partial charge >= 0.3 is 6.18 Å². The molecule has 15 heavy (non-hydrogen) atoms. The molecular formula is C9H16F3NO2. The predicted octanol–water partition coefficient (Wildman–Crippen LogP) is 1.07. The summed E-state index contributed by atoms with van der Waals surface area (Å²) in [5, 5.41) is 11.6. The maximum absolute atomic E-state index is 12.0. The van der Waals surface area contributed by atoms with Crippen molar-refractivity contribution in [3.63, 3.8) is 0 Å². The van der Waals surface area contributed by atoms with Gasteiger partial charge in [0.05, 0.1) is 19.3 Å². The third-order valence-corrected chi connectivity index (χ3v) is 2.63. The van der Waals surface area contributed by atoms with Crippen LogP contribution in [0.15, 0.2) is 0 Å². The molecule has 1 heterocycles. The molecule has 6 heteroatoms. The Bertz CT molecular complexity index is 210. The normalized spacial score (nSPS) is 33.0. The van der Waals surface area contributed by atoms with Crippen molar-refractivity contribution >= 4 is 0 Å². The van der Waals surface area contributed by atoms with E-state index in [0.29, 0.717) is 19.4 Å². The summed E-state index contributed by atoms with van der Waals surface area (Å²) in [4.78, 5) is 0. The average Bonchev–Trinajstić information content (AvgIpc) is 2.14. The van der Waals surface area contributed by atoms with Crippen LogP contribution in [0.2, 0.25) is 0 Å². The number of alkyl halides is 3. The Morgan fingerprint density at radius 1 is 1.53 bits per heavy atom. The van der Waals surface area contributed by atoms with Crippen LogP contribution in [0.3, 0.4) is 0 Å². The van der Waals surface area contributed by atoms with E-state index >= 15 is 0 Å². The highest BCUT2D eigenvalue weighted by molar-refractivity contribution is 4.92. The van der Waals surface area contributed by atoms with Gasteiger partial charge < -0.3 is 15.2 Å². The van der Waals surface area contributed by atoms with Crippen molar-refractivity contribution in [3.05, 3.63) is 0 Å². The summed E-state index contributed by atoms with van der Waals surface area (Å²) in [7, 11) is 0. The van der Waals surface area contributed by atoms with Crippen LogP contribution in [-0.4, -0.2) is 42.7 Å². The molecule has 3 nitrogen and oxygen atoms in total. The van der Waals surface area contributed by atoms with E-state index in [1.54, 1.807) is 6.92 Å². The zero-order valence-electron chi connectivity index (χ0n) is 8.60. The van der Waals surface area contributed by atoms with E-state index in [0.717, 1.165) is 0 Å². The van der Waals surface area contributed by atoms with Crippen LogP contribution < -0.4 is 5.32 Å². The molecule has 0 radical (unpaired) electrons. The zero-order valence-corrected chi connectivity index (χ0v) is 8.60. The van der Waals surface area contributed by atoms with Crippen molar-refractivity contribution in [2.24, 2.45) is 0 Å². The minimum absolute atomic E-state index is 0.119. The van der Waals surface area contributed by atoms with Gasteiger partial charge in [-0.25, -0.2) is 0 Å². The second-order valence-corrected chi connectivity index (χ2v) is 4.04. The summed E-state index contributed by atoms with van der Waals surface area (Å²) in [6, 6.07) is 0. The van der Waals surface area contributed by atoms with Crippen LogP contribution in [-0.2, 0) is 4.74 Å². The standard InChI is InChI=1S/C9H16F3NO2/c1-7-4-8(6-14,2-3-15-7)13-5-9(10,11)12/h7,13-14H,2-6H2,1H3. The van der Waals surface area contributed by atoms with E-state index < -0.39 is 18.3 Å². The van der Waals surface area contributed by atoms with Crippen LogP contribution in [0.5, 0.6) is 0 Å². The second kappa shape index (κ2) is 4.67. The van der Waals surface area contributed by atoms with Crippen molar-refractivity contribution in [2.75, 3.05) is 19.8 Å². The molecule has 2 N–H and O–H groups in total. The largest absolute Gasteiger partial charge is 0.401 e. The van der Waals surface area contributed by atoms with E-state index in [4.69, 9.17) is 4.74 Å². The monoisotopic (exact) mass is 227 g/mol. The van der Waals surface area contributed by atoms with Crippen molar-refractivity contribution < 1.29 is 23.0 Å². The predicted molar refractivity (Wildman–Crippen MR) is 48.5 cm³/mol. The van der Waals surface area contributed by atoms with Gasteiger partial charge in [0.2, 0.25) is 0 Å². The number of hydrogen-bond donors (Lipinski definition) is 2. The van der Waals surface area contributed by atoms with Crippen LogP contribution in [0.1, 0.15) is 19.8 Å². The van der Waals surface area contributed by atoms with E-state index in [-0.39, 0.29) is 12.7 Å². The molecule has 90 valence electrons. The molecular weight excluding hydrogens is 211 g/mol. The highest BCUT2D eigenvalue weighted by Gasteiger charge is 2.38. The van der Waals surface area contributed by atoms with Crippen molar-refractivity contribution in [1.82, 2.24) is 5.32 Å². The molecule has 0 bridgehead atoms. The van der Waals surface area contributed by atoms with Gasteiger partial charge in [0.25, 0.3) is 0 Å². The number of halogens is 3. The highest BCUT2D eigenvalue weighted by atomic mass is 19.4. The minimum atomic E-state index is -4.25. The number of aliphatic hydroxyl groups is 1. The molecule has 0 spiro atoms. The Labute approximate surface area is 86.6 Å². The quantitative estimate of drug-likeness (QED) is 0.757. The summed E-state index contributed by atoms with van der Waals surface area (Å²) in [6.07, 6.45) is -3.56. The molecule has 1 aliphatic heterocycles. The van der Waals surface area contributed by atoms with Gasteiger partial charge in [0.15, 0.2) is 0 Å². The molecule has 0 aromatic carbocycles. The Morgan fingerprint density at radius 2 is 2.20 bits per heavy atom. The third kappa shape index (κ3) is 3.96. The topological polar surface area (TPSA) is 41.5 Å². The Kier molecular flexibility index (Phi) is 3.97. The zero-order chi connectivity index (χ0) is 11.5. The maximum Gasteiger partial charge on any atom is 0.401 e. The first-order chi connectivity index (χ1) is 6.87. The van der Waals surface area contributed by atoms with Gasteiger partial charge in [-0.15, -0.1) is 0 Å². The Balaban J connectivity index is 2.52. The van der Waals surface area contributed by atoms with Crippen molar-refractivity contribution in [1.29, 1.82) is 0 Å². The van der Waals surface area contributed by atoms with Crippen molar-refractivity contribution in [3.8, 4) is 0 Å². The van der Waals surface area contributed by atoms with Crippen molar-refractivity contribution in [2.45, 2.75) is 37.6 Å². The van der Waals surface area contributed by atoms with Gasteiger partial charge in [0, 0.05) is 12.1 Å². The fourth-order valence-electron chi connectivity index (χ4n) is 1.81. The summed E-state index contributed by atoms with van der Waals surface area (Å²) in [6.45, 7) is 0.808. The van der Waals surface area contributed by atoms with Gasteiger partial charge in [-0.2, -0.15) is 13.2 Å². The van der Waals surface area contributed by atoms with E-state index in [2.05, 4.69) is 5.32 Å². The SMILES string of the molecule is CC1CC(CO)(NCC(F)(F)F)CCO1. The van der Waals surface area contributed by atoms with E-state index in [9.17, 15) is 18.3 Å². The van der Waals surface area contributed by atoms with Gasteiger partial charge in [-0.3, -0.25) is 0 Å². The summed E-state index contributed by atoms with van der Waals surface area (Å²) in [5.74, 6) is 0. The summed E-state index contributed by atoms with van der Waals surface area (Å²) >= 11 is 0. The van der Waals surface area contributed by atoms with E-state index in [1.165, 1.54) is 0 Å². The van der Waals surface area contributed by atoms with Crippen LogP contribution >= 0.6 is 0 Å². The van der Waals surface area contributed by atoms with E-state index in [1.807, 2.05) is 0 Å². The number of nitrogens with one attached hydrogen (secondary N) is 1. The summed E-state index contributed by atoms with van der Waals surface area (Å²) < 4.78 is 41.4. The first kappa shape index (κ1) is 12.7. The molecule has 1 saturated heterocycles. The fourth-order valence-corrected chi connectivity index (χ4v) is 1.81. The molecule has 0 aliphatic carbocycles. The molecule has 1 rings (SSSR count). The molecule has 0 saturated carbocycles. The molecule has 2 atom stereocenters. The Hall–Kier alpha value is -0.330. The lowest BCUT2D eigenvalue weighted by Gasteiger charge is -2.39. The lowest BCUT2D eigenvalue weighted by molar-refractivity contribution is -0.135. The maximum atomic E-state index is 12.0. The molecule has 0 aromatic heterocycles. The second-order valence-electron chi connectivity index (χ2n) is 4.04. The van der Waals surface area contributed by atoms with Crippen LogP contribution in [0.25, 0.3) is 0 Å². The third-order valence-electron chi connectivity index (χ3n) is 2.63. The fraction of sp³-hybridized carbons (Fsp3) is 1.00. The molecule has 2 unspecified atom stereocenters. The lowest BCUT2D eigenvalue weighted by Crippen LogP contribution is -2.56. The number of ether oxygens (including phenoxy) is 1. The average molecular weight is 227 g/mol. The number of aliphatic hydroxyl groups excluding tert-OH is 1. The smallest absolute Gasteiger partial charge is 0.394 e. The van der Waals surface area contributed by atoms with Gasteiger partial charge in [-0.05, 0) is 19.8 Å². The van der Waals surface area contributed by atoms with Gasteiger partial charge in [0.1, 0.15) is 0 Å². The first-order valence-corrected chi connectivity index (χ1v) is 4.91. The number of rotatable bonds is 3. The molecule has 0 aromatic rings. The van der Waals surface area contributed by atoms with Crippen LogP contribution in [0, 0.1) is 0 Å². The Morgan fingerprint density at radius 3 is 2.67 bits per heavy atom.